The summed E-state index contributed by atoms with van der Waals surface area (Å²) in [6, 6.07) is 80.0. The van der Waals surface area contributed by atoms with Gasteiger partial charge in [-0.15, -0.1) is 0 Å². The van der Waals surface area contributed by atoms with E-state index >= 15 is 0 Å². The number of nitrogens with zero attached hydrogens (tertiary/aromatic N) is 5. The van der Waals surface area contributed by atoms with E-state index in [-0.39, 0.29) is 67.6 Å². The molecule has 3 aromatic heterocycles. The van der Waals surface area contributed by atoms with Crippen molar-refractivity contribution in [3.8, 4) is 39.3 Å². The Bertz CT molecular complexity index is 6610. The topological polar surface area (TPSA) is 21.3 Å². The normalized spacial score (nSPS) is 14.5. The van der Waals surface area contributed by atoms with E-state index in [0.29, 0.717) is 5.69 Å². The Morgan fingerprint density at radius 1 is 0.269 bits per heavy atom. The summed E-state index contributed by atoms with van der Waals surface area (Å²) in [5, 5.41) is 4.62. The minimum absolute atomic E-state index is 0.0220. The number of hydrogen-bond donors (Lipinski definition) is 0. The van der Waals surface area contributed by atoms with E-state index in [1.54, 1.807) is 4.57 Å². The number of aromatic nitrogens is 3. The maximum Gasteiger partial charge on any atom is 0.252 e. The Kier molecular flexibility index (Phi) is 12.6. The summed E-state index contributed by atoms with van der Waals surface area (Å²) < 4.78 is 82.0. The highest BCUT2D eigenvalue weighted by Crippen LogP contribution is 2.53. The molecule has 13 aromatic carbocycles. The zero-order chi connectivity index (χ0) is 78.8. The first-order valence-electron chi connectivity index (χ1n) is 40.7. The third-order valence-electron chi connectivity index (χ3n) is 22.3. The van der Waals surface area contributed by atoms with E-state index < -0.39 is 36.3 Å². The van der Waals surface area contributed by atoms with E-state index in [1.807, 2.05) is 6.07 Å². The molecule has 2 aliphatic rings. The highest BCUT2D eigenvalue weighted by Gasteiger charge is 2.46. The fraction of sp³-hybridized carbons (Fsp3) is 0.204. The van der Waals surface area contributed by atoms with Gasteiger partial charge in [0.25, 0.3) is 6.71 Å². The fourth-order valence-electron chi connectivity index (χ4n) is 16.6. The van der Waals surface area contributed by atoms with E-state index in [0.717, 1.165) is 139 Å². The maximum absolute atomic E-state index is 9.82. The van der Waals surface area contributed by atoms with Crippen LogP contribution in [0.25, 0.3) is 105 Å². The van der Waals surface area contributed by atoms with Crippen molar-refractivity contribution in [2.45, 2.75) is 131 Å². The van der Waals surface area contributed by atoms with E-state index in [4.69, 9.17) is 2.74 Å². The molecule has 0 bridgehead atoms. The standard InChI is InChI=1S/C98H90BN5/c1-94(2,3)63-41-37-61(38-42-63)77-55-65(96(7,8)9)45-53-85(77)103-87-59-69(100-81-33-23-19-29-71(81)72-30-20-24-34-82(72)100)47-51-79(87)99-80-52-48-70(102-84-36-26-22-32-74(84)76-50-49-75-73-31-21-25-35-83(73)101(92(75)93(76)102)68-27-17-16-18-28-68)60-88(80)104(90-58-67(98(13,14)15)57-89(103)91(90)99)86-54-46-66(97(10,11)12)56-78(86)62-39-43-64(44-40-62)95(4,5)6/h16-60H,1-15H3/i19D,20D,23D,24D,29D,30D,33D,34D. The predicted molar refractivity (Wildman–Crippen MR) is 448 cm³/mol. The highest BCUT2D eigenvalue weighted by molar-refractivity contribution is 7.00. The van der Waals surface area contributed by atoms with Gasteiger partial charge in [-0.2, -0.15) is 0 Å². The average Bonchev–Trinajstić information content (AvgIpc) is 1.05. The van der Waals surface area contributed by atoms with Crippen LogP contribution in [-0.2, 0) is 27.1 Å². The number of benzene rings is 13. The molecular formula is C98H90BN5. The molecule has 0 unspecified atom stereocenters. The summed E-state index contributed by atoms with van der Waals surface area (Å²) in [4.78, 5) is 5.02. The second-order valence-electron chi connectivity index (χ2n) is 34.1. The molecule has 0 aliphatic carbocycles. The summed E-state index contributed by atoms with van der Waals surface area (Å²) in [5.74, 6) is 0. The van der Waals surface area contributed by atoms with Crippen LogP contribution < -0.4 is 26.2 Å². The van der Waals surface area contributed by atoms with Gasteiger partial charge >= 0.3 is 0 Å². The van der Waals surface area contributed by atoms with E-state index in [9.17, 15) is 8.22 Å². The molecule has 0 radical (unpaired) electrons. The van der Waals surface area contributed by atoms with Crippen molar-refractivity contribution >= 4 is 123 Å². The molecule has 18 rings (SSSR count). The quantitative estimate of drug-likeness (QED) is 0.148. The molecule has 16 aromatic rings. The van der Waals surface area contributed by atoms with Crippen molar-refractivity contribution in [2.75, 3.05) is 9.80 Å². The Balaban J connectivity index is 1.01. The first-order chi connectivity index (χ1) is 53.1. The maximum atomic E-state index is 9.82. The van der Waals surface area contributed by atoms with Crippen LogP contribution in [0.1, 0.15) is 143 Å². The van der Waals surface area contributed by atoms with Gasteiger partial charge in [0.2, 0.25) is 0 Å². The van der Waals surface area contributed by atoms with Gasteiger partial charge in [0.1, 0.15) is 0 Å². The van der Waals surface area contributed by atoms with Gasteiger partial charge in [-0.05, 0) is 179 Å². The van der Waals surface area contributed by atoms with Gasteiger partial charge in [0.05, 0.1) is 55.4 Å². The van der Waals surface area contributed by atoms with Crippen LogP contribution in [0.5, 0.6) is 0 Å². The zero-order valence-corrected chi connectivity index (χ0v) is 62.2. The van der Waals surface area contributed by atoms with Crippen molar-refractivity contribution in [1.29, 1.82) is 0 Å². The molecule has 0 atom stereocenters. The number of rotatable bonds is 7. The van der Waals surface area contributed by atoms with Gasteiger partial charge in [-0.1, -0.05) is 280 Å². The van der Waals surface area contributed by atoms with Crippen LogP contribution in [0, 0.1) is 0 Å². The predicted octanol–water partition coefficient (Wildman–Crippen LogP) is 24.9. The molecule has 5 heterocycles. The van der Waals surface area contributed by atoms with Crippen LogP contribution in [0.3, 0.4) is 0 Å². The zero-order valence-electron chi connectivity index (χ0n) is 70.2. The Hall–Kier alpha value is -11.1. The molecule has 0 fully saturated rings. The third kappa shape index (κ3) is 10.2. The largest absolute Gasteiger partial charge is 0.311 e. The lowest BCUT2D eigenvalue weighted by Gasteiger charge is -2.46. The average molecular weight is 1360 g/mol. The van der Waals surface area contributed by atoms with Crippen LogP contribution in [0.4, 0.5) is 34.1 Å². The molecule has 5 nitrogen and oxygen atoms in total. The van der Waals surface area contributed by atoms with Crippen LogP contribution in [0.15, 0.2) is 273 Å². The summed E-state index contributed by atoms with van der Waals surface area (Å²) in [7, 11) is 0. The Morgan fingerprint density at radius 2 is 0.654 bits per heavy atom. The molecule has 510 valence electrons. The molecular weight excluding hydrogens is 1260 g/mol. The summed E-state index contributed by atoms with van der Waals surface area (Å²) >= 11 is 0. The lowest BCUT2D eigenvalue weighted by molar-refractivity contribution is 0.589. The molecule has 0 saturated heterocycles. The van der Waals surface area contributed by atoms with Crippen LogP contribution in [-0.4, -0.2) is 20.4 Å². The van der Waals surface area contributed by atoms with Crippen molar-refractivity contribution in [1.82, 2.24) is 13.7 Å². The SMILES string of the molecule is [2H]c1c([2H])c([2H])c2c(c1[2H])c1c([2H])c([2H])c([2H])c([2H])c1n2-c1ccc2c(c1)N(c1ccc(C(C)(C)C)cc1-c1ccc(C(C)(C)C)cc1)c1cc(C(C)(C)C)cc3c1B2c1ccc(-n2c4ccccc4c4ccc5c6ccccc6n(-c6ccccc6)c5c42)cc1N3c1ccc(C(C)(C)C)cc1-c1ccc(C(C)(C)C)cc1. The molecule has 0 N–H and O–H groups in total. The second kappa shape index (κ2) is 23.2. The number of para-hydroxylation sites is 5. The smallest absolute Gasteiger partial charge is 0.252 e. The van der Waals surface area contributed by atoms with E-state index in [2.05, 4.69) is 341 Å². The van der Waals surface area contributed by atoms with E-state index in [1.165, 1.54) is 16.7 Å². The summed E-state index contributed by atoms with van der Waals surface area (Å²) in [6.45, 7) is 33.6. The van der Waals surface area contributed by atoms with Gasteiger partial charge in [-0.25, -0.2) is 0 Å². The fourth-order valence-corrected chi connectivity index (χ4v) is 16.6. The van der Waals surface area contributed by atoms with Crippen molar-refractivity contribution in [3.63, 3.8) is 0 Å². The summed E-state index contributed by atoms with van der Waals surface area (Å²) in [5.41, 5.74) is 24.7. The molecule has 0 amide bonds. The third-order valence-corrected chi connectivity index (χ3v) is 22.3. The monoisotopic (exact) mass is 1360 g/mol. The lowest BCUT2D eigenvalue weighted by Crippen LogP contribution is -2.61. The first kappa shape index (κ1) is 56.5. The van der Waals surface area contributed by atoms with Gasteiger partial charge in [0, 0.05) is 83.3 Å². The van der Waals surface area contributed by atoms with Crippen LogP contribution in [0.2, 0.25) is 0 Å². The van der Waals surface area contributed by atoms with Gasteiger partial charge in [-0.3, -0.25) is 0 Å². The molecule has 6 heteroatoms. The second-order valence-corrected chi connectivity index (χ2v) is 34.1. The lowest BCUT2D eigenvalue weighted by atomic mass is 9.33. The van der Waals surface area contributed by atoms with Crippen molar-refractivity contribution < 1.29 is 11.0 Å². The molecule has 104 heavy (non-hydrogen) atoms. The Morgan fingerprint density at radius 3 is 1.09 bits per heavy atom. The van der Waals surface area contributed by atoms with Crippen LogP contribution >= 0.6 is 0 Å². The number of hydrogen-bond acceptors (Lipinski definition) is 2. The van der Waals surface area contributed by atoms with Gasteiger partial charge in [0.15, 0.2) is 0 Å². The van der Waals surface area contributed by atoms with Crippen molar-refractivity contribution in [3.05, 3.63) is 301 Å². The minimum atomic E-state index is -0.491. The number of fused-ring (bicyclic) bond motifs is 14. The molecule has 2 aliphatic heterocycles. The first-order valence-corrected chi connectivity index (χ1v) is 36.7. The molecule has 0 spiro atoms. The Labute approximate surface area is 624 Å². The van der Waals surface area contributed by atoms with Gasteiger partial charge < -0.3 is 23.5 Å². The molecule has 0 saturated carbocycles. The number of anilines is 6. The van der Waals surface area contributed by atoms with Crippen molar-refractivity contribution in [2.24, 2.45) is 0 Å². The summed E-state index contributed by atoms with van der Waals surface area (Å²) in [6.07, 6.45) is 0. The minimum Gasteiger partial charge on any atom is -0.311 e. The highest BCUT2D eigenvalue weighted by atomic mass is 15.2.